The molecule has 0 radical (unpaired) electrons. The van der Waals surface area contributed by atoms with E-state index in [1.807, 2.05) is 74.5 Å². The Kier molecular flexibility index (Phi) is 14.0. The fraction of sp³-hybridized carbons (Fsp3) is 0.529. The smallest absolute Gasteiger partial charge is 0.243 e. The Morgan fingerprint density at radius 3 is 1.89 bits per heavy atom. The van der Waals surface area contributed by atoms with Crippen molar-refractivity contribution >= 4 is 23.5 Å². The van der Waals surface area contributed by atoms with E-state index < -0.39 is 35.4 Å². The van der Waals surface area contributed by atoms with E-state index in [0.717, 1.165) is 11.1 Å². The zero-order valence-electron chi connectivity index (χ0n) is 26.3. The predicted octanol–water partition coefficient (Wildman–Crippen LogP) is 3.33. The van der Waals surface area contributed by atoms with Crippen LogP contribution in [0.25, 0.3) is 0 Å². The van der Waals surface area contributed by atoms with Crippen molar-refractivity contribution in [3.63, 3.8) is 0 Å². The summed E-state index contributed by atoms with van der Waals surface area (Å²) in [6.07, 6.45) is 0.750. The maximum atomic E-state index is 13.2. The summed E-state index contributed by atoms with van der Waals surface area (Å²) in [5, 5.41) is 8.17. The van der Waals surface area contributed by atoms with Gasteiger partial charge in [-0.15, -0.1) is 0 Å². The zero-order chi connectivity index (χ0) is 32.0. The lowest BCUT2D eigenvalue weighted by molar-refractivity contribution is -0.134. The molecule has 10 nitrogen and oxygen atoms in total. The molecule has 0 bridgehead atoms. The quantitative estimate of drug-likeness (QED) is 0.196. The van der Waals surface area contributed by atoms with Gasteiger partial charge in [0.1, 0.15) is 11.6 Å². The van der Waals surface area contributed by atoms with Crippen LogP contribution >= 0.6 is 0 Å². The van der Waals surface area contributed by atoms with Crippen molar-refractivity contribution in [3.8, 4) is 0 Å². The third kappa shape index (κ3) is 12.6. The van der Waals surface area contributed by atoms with Gasteiger partial charge in [-0.3, -0.25) is 19.2 Å². The van der Waals surface area contributed by atoms with Crippen LogP contribution in [0.4, 0.5) is 0 Å². The van der Waals surface area contributed by atoms with Gasteiger partial charge in [0, 0.05) is 19.4 Å². The standard InChI is InChI=1S/C34H47N3O7/c1-24(2)17-29(32(40)34(4)23-44-34)37-33(41)30(36-25(3)38)18-31(39)35-16-15-28(21-42-19-26-11-7-5-8-12-26)22-43-20-27-13-9-6-10-14-27/h5-14,24,28-30H,15-23H2,1-4H3,(H,35,39)(H,36,38)(H,37,41)/t29-,30-,34+/m0/s1. The van der Waals surface area contributed by atoms with E-state index in [1.54, 1.807) is 6.92 Å². The highest BCUT2D eigenvalue weighted by atomic mass is 16.6. The highest BCUT2D eigenvalue weighted by Crippen LogP contribution is 2.29. The lowest BCUT2D eigenvalue weighted by Gasteiger charge is -2.24. The SMILES string of the molecule is CC(=O)N[C@@H](CC(=O)NCCC(COCc1ccccc1)COCc1ccccc1)C(=O)N[C@@H](CC(C)C)C(=O)[C@@]1(C)CO1. The van der Waals surface area contributed by atoms with Gasteiger partial charge < -0.3 is 30.2 Å². The number of hydrogen-bond donors (Lipinski definition) is 3. The first-order chi connectivity index (χ1) is 21.1. The second kappa shape index (κ2) is 17.6. The van der Waals surface area contributed by atoms with Gasteiger partial charge in [-0.2, -0.15) is 0 Å². The Morgan fingerprint density at radius 1 is 0.864 bits per heavy atom. The molecule has 0 saturated carbocycles. The number of carbonyl (C=O) groups is 4. The van der Waals surface area contributed by atoms with Gasteiger partial charge in [-0.05, 0) is 36.8 Å². The number of epoxide rings is 1. The third-order valence-electron chi connectivity index (χ3n) is 7.33. The maximum Gasteiger partial charge on any atom is 0.243 e. The number of ketones is 1. The van der Waals surface area contributed by atoms with Gasteiger partial charge in [-0.1, -0.05) is 74.5 Å². The molecule has 44 heavy (non-hydrogen) atoms. The van der Waals surface area contributed by atoms with Crippen molar-refractivity contribution in [3.05, 3.63) is 71.8 Å². The highest BCUT2D eigenvalue weighted by molar-refractivity contribution is 5.98. The van der Waals surface area contributed by atoms with E-state index in [4.69, 9.17) is 14.2 Å². The average molecular weight is 610 g/mol. The summed E-state index contributed by atoms with van der Waals surface area (Å²) in [6.45, 7) is 9.37. The van der Waals surface area contributed by atoms with Crippen LogP contribution in [0.5, 0.6) is 0 Å². The molecule has 2 aromatic rings. The maximum absolute atomic E-state index is 13.2. The minimum absolute atomic E-state index is 0.0194. The summed E-state index contributed by atoms with van der Waals surface area (Å²) >= 11 is 0. The summed E-state index contributed by atoms with van der Waals surface area (Å²) in [4.78, 5) is 50.9. The molecule has 2 aromatic carbocycles. The van der Waals surface area contributed by atoms with Crippen LogP contribution in [0.15, 0.2) is 60.7 Å². The van der Waals surface area contributed by atoms with Gasteiger partial charge in [0.15, 0.2) is 5.78 Å². The molecule has 1 heterocycles. The molecule has 240 valence electrons. The zero-order valence-corrected chi connectivity index (χ0v) is 26.3. The lowest BCUT2D eigenvalue weighted by Crippen LogP contribution is -2.54. The molecule has 0 unspecified atom stereocenters. The first-order valence-corrected chi connectivity index (χ1v) is 15.3. The minimum Gasteiger partial charge on any atom is -0.376 e. The number of rotatable bonds is 20. The fourth-order valence-electron chi connectivity index (χ4n) is 4.77. The van der Waals surface area contributed by atoms with Crippen LogP contribution in [0.2, 0.25) is 0 Å². The Hall–Kier alpha value is -3.60. The molecule has 0 aliphatic carbocycles. The number of benzene rings is 2. The normalized spacial score (nSPS) is 17.1. The third-order valence-corrected chi connectivity index (χ3v) is 7.33. The van der Waals surface area contributed by atoms with Crippen molar-refractivity contribution in [2.45, 2.75) is 77.9 Å². The van der Waals surface area contributed by atoms with E-state index in [0.29, 0.717) is 52.4 Å². The van der Waals surface area contributed by atoms with Gasteiger partial charge in [0.2, 0.25) is 17.7 Å². The lowest BCUT2D eigenvalue weighted by atomic mass is 9.93. The Bertz CT molecular complexity index is 1160. The van der Waals surface area contributed by atoms with Crippen LogP contribution in [0, 0.1) is 11.8 Å². The van der Waals surface area contributed by atoms with Gasteiger partial charge >= 0.3 is 0 Å². The van der Waals surface area contributed by atoms with Gasteiger partial charge in [-0.25, -0.2) is 0 Å². The molecule has 1 saturated heterocycles. The minimum atomic E-state index is -1.12. The van der Waals surface area contributed by atoms with Crippen molar-refractivity contribution in [2.24, 2.45) is 11.8 Å². The van der Waals surface area contributed by atoms with E-state index in [-0.39, 0.29) is 24.0 Å². The Labute approximate surface area is 260 Å². The molecule has 3 atom stereocenters. The topological polar surface area (TPSA) is 135 Å². The monoisotopic (exact) mass is 609 g/mol. The predicted molar refractivity (Wildman–Crippen MR) is 166 cm³/mol. The number of amides is 3. The number of Topliss-reactive ketones (excluding diaryl/α,β-unsaturated/α-hetero) is 1. The summed E-state index contributed by atoms with van der Waals surface area (Å²) in [5.41, 5.74) is 1.24. The number of nitrogens with one attached hydrogen (secondary N) is 3. The van der Waals surface area contributed by atoms with E-state index in [1.165, 1.54) is 6.92 Å². The average Bonchev–Trinajstić information content (AvgIpc) is 3.74. The highest BCUT2D eigenvalue weighted by Gasteiger charge is 2.50. The van der Waals surface area contributed by atoms with Crippen LogP contribution in [-0.2, 0) is 46.6 Å². The molecule has 1 aliphatic rings. The van der Waals surface area contributed by atoms with Crippen molar-refractivity contribution in [1.82, 2.24) is 16.0 Å². The molecular weight excluding hydrogens is 562 g/mol. The second-order valence-corrected chi connectivity index (χ2v) is 12.0. The molecule has 1 aliphatic heterocycles. The van der Waals surface area contributed by atoms with Crippen LogP contribution in [-0.4, -0.2) is 67.6 Å². The molecule has 10 heteroatoms. The number of hydrogen-bond acceptors (Lipinski definition) is 7. The number of carbonyl (C=O) groups excluding carboxylic acids is 4. The molecule has 3 N–H and O–H groups in total. The summed E-state index contributed by atoms with van der Waals surface area (Å²) in [6, 6.07) is 17.9. The summed E-state index contributed by atoms with van der Waals surface area (Å²) in [7, 11) is 0. The van der Waals surface area contributed by atoms with Gasteiger partial charge in [0.05, 0.1) is 45.5 Å². The Balaban J connectivity index is 1.52. The van der Waals surface area contributed by atoms with Crippen LogP contribution in [0.3, 0.4) is 0 Å². The molecule has 1 fully saturated rings. The fourth-order valence-corrected chi connectivity index (χ4v) is 4.77. The molecule has 3 rings (SSSR count). The van der Waals surface area contributed by atoms with Crippen molar-refractivity contribution in [2.75, 3.05) is 26.4 Å². The van der Waals surface area contributed by atoms with E-state index in [2.05, 4.69) is 16.0 Å². The van der Waals surface area contributed by atoms with Gasteiger partial charge in [0.25, 0.3) is 0 Å². The van der Waals surface area contributed by atoms with E-state index in [9.17, 15) is 19.2 Å². The van der Waals surface area contributed by atoms with Crippen molar-refractivity contribution < 1.29 is 33.4 Å². The summed E-state index contributed by atoms with van der Waals surface area (Å²) < 4.78 is 17.2. The molecule has 3 amide bonds. The first kappa shape index (κ1) is 34.9. The van der Waals surface area contributed by atoms with E-state index >= 15 is 0 Å². The number of ether oxygens (including phenoxy) is 3. The first-order valence-electron chi connectivity index (χ1n) is 15.3. The van der Waals surface area contributed by atoms with Crippen LogP contribution in [0.1, 0.15) is 58.1 Å². The largest absolute Gasteiger partial charge is 0.376 e. The molecule has 0 spiro atoms. The van der Waals surface area contributed by atoms with Crippen molar-refractivity contribution in [1.29, 1.82) is 0 Å². The Morgan fingerprint density at radius 2 is 1.41 bits per heavy atom. The van der Waals surface area contributed by atoms with Crippen LogP contribution < -0.4 is 16.0 Å². The molecular formula is C34H47N3O7. The second-order valence-electron chi connectivity index (χ2n) is 12.0. The molecule has 0 aromatic heterocycles. The summed E-state index contributed by atoms with van der Waals surface area (Å²) in [5.74, 6) is -1.48.